The number of amides is 1. The number of benzene rings is 1. The summed E-state index contributed by atoms with van der Waals surface area (Å²) in [5.41, 5.74) is 1.71. The number of rotatable bonds is 6. The maximum absolute atomic E-state index is 12.7. The first-order valence-corrected chi connectivity index (χ1v) is 8.45. The highest BCUT2D eigenvalue weighted by atomic mass is 16.6. The van der Waals surface area contributed by atoms with Gasteiger partial charge in [-0.1, -0.05) is 22.4 Å². The number of aliphatic carboxylic acids is 1. The highest BCUT2D eigenvalue weighted by Crippen LogP contribution is 2.42. The molecule has 1 aromatic carbocycles. The minimum Gasteiger partial charge on any atom is -0.493 e. The molecule has 1 aliphatic heterocycles. The van der Waals surface area contributed by atoms with Crippen LogP contribution in [0.25, 0.3) is 0 Å². The van der Waals surface area contributed by atoms with Crippen molar-refractivity contribution in [3.63, 3.8) is 0 Å². The van der Waals surface area contributed by atoms with Crippen molar-refractivity contribution < 1.29 is 28.8 Å². The number of nitrogens with zero attached hydrogens (tertiary/aromatic N) is 3. The van der Waals surface area contributed by atoms with Gasteiger partial charge in [-0.05, 0) is 13.0 Å². The molecule has 1 aliphatic rings. The zero-order valence-corrected chi connectivity index (χ0v) is 15.3. The number of para-hydroxylation sites is 1. The summed E-state index contributed by atoms with van der Waals surface area (Å²) in [5.74, 6) is -1.32. The van der Waals surface area contributed by atoms with E-state index >= 15 is 0 Å². The number of aryl methyl sites for hydroxylation is 1. The lowest BCUT2D eigenvalue weighted by molar-refractivity contribution is -0.141. The highest BCUT2D eigenvalue weighted by molar-refractivity contribution is 5.81. The van der Waals surface area contributed by atoms with Crippen molar-refractivity contribution in [1.29, 1.82) is 0 Å². The van der Waals surface area contributed by atoms with Crippen LogP contribution in [0.15, 0.2) is 22.8 Å². The van der Waals surface area contributed by atoms with Crippen molar-refractivity contribution in [1.82, 2.24) is 15.2 Å². The largest absolute Gasteiger partial charge is 0.493 e. The molecule has 0 bridgehead atoms. The number of ether oxygens (including phenoxy) is 2. The second-order valence-corrected chi connectivity index (χ2v) is 6.41. The summed E-state index contributed by atoms with van der Waals surface area (Å²) < 4.78 is 15.4. The third-order valence-electron chi connectivity index (χ3n) is 4.89. The number of methoxy groups -OCH3 is 2. The Bertz CT molecular complexity index is 849. The number of carbonyl (C=O) groups is 2. The number of hydrogen-bond donors (Lipinski definition) is 1. The predicted molar refractivity (Wildman–Crippen MR) is 92.7 cm³/mol. The highest BCUT2D eigenvalue weighted by Gasteiger charge is 2.42. The van der Waals surface area contributed by atoms with Gasteiger partial charge in [0.1, 0.15) is 11.4 Å². The van der Waals surface area contributed by atoms with E-state index < -0.39 is 17.8 Å². The fourth-order valence-corrected chi connectivity index (χ4v) is 3.44. The molecule has 1 amide bonds. The van der Waals surface area contributed by atoms with Gasteiger partial charge in [-0.25, -0.2) is 4.63 Å². The molecule has 1 fully saturated rings. The van der Waals surface area contributed by atoms with E-state index in [4.69, 9.17) is 9.47 Å². The van der Waals surface area contributed by atoms with Gasteiger partial charge in [-0.3, -0.25) is 9.59 Å². The molecule has 2 aromatic rings. The van der Waals surface area contributed by atoms with Crippen molar-refractivity contribution in [3.8, 4) is 11.5 Å². The van der Waals surface area contributed by atoms with Crippen LogP contribution in [-0.2, 0) is 16.0 Å². The first-order valence-electron chi connectivity index (χ1n) is 8.45. The molecule has 9 heteroatoms. The first kappa shape index (κ1) is 18.7. The Balaban J connectivity index is 1.87. The minimum atomic E-state index is -0.959. The van der Waals surface area contributed by atoms with Crippen molar-refractivity contribution >= 4 is 11.9 Å². The molecule has 144 valence electrons. The summed E-state index contributed by atoms with van der Waals surface area (Å²) in [6.45, 7) is 2.08. The first-order chi connectivity index (χ1) is 13.0. The molecule has 2 atom stereocenters. The third kappa shape index (κ3) is 3.57. The average molecular weight is 375 g/mol. The molecule has 0 unspecified atom stereocenters. The van der Waals surface area contributed by atoms with E-state index in [9.17, 15) is 14.7 Å². The number of likely N-dealkylation sites (tertiary alicyclic amines) is 1. The van der Waals surface area contributed by atoms with Crippen LogP contribution < -0.4 is 9.47 Å². The van der Waals surface area contributed by atoms with Crippen LogP contribution in [0.1, 0.15) is 22.9 Å². The van der Waals surface area contributed by atoms with E-state index in [2.05, 4.69) is 14.9 Å². The fourth-order valence-electron chi connectivity index (χ4n) is 3.44. The van der Waals surface area contributed by atoms with E-state index in [0.717, 1.165) is 0 Å². The second-order valence-electron chi connectivity index (χ2n) is 6.41. The molecule has 1 aromatic heterocycles. The van der Waals surface area contributed by atoms with Gasteiger partial charge in [0.25, 0.3) is 0 Å². The topological polar surface area (TPSA) is 115 Å². The van der Waals surface area contributed by atoms with Crippen LogP contribution in [0.2, 0.25) is 0 Å². The van der Waals surface area contributed by atoms with Crippen molar-refractivity contribution in [2.75, 3.05) is 27.3 Å². The SMILES string of the molecule is COc1cccc([C@@H]2CN(C(=O)Cc3nonc3C)C[C@H]2C(=O)O)c1OC. The molecular weight excluding hydrogens is 354 g/mol. The Morgan fingerprint density at radius 2 is 2.04 bits per heavy atom. The summed E-state index contributed by atoms with van der Waals surface area (Å²) in [7, 11) is 3.03. The van der Waals surface area contributed by atoms with E-state index in [0.29, 0.717) is 28.5 Å². The molecule has 0 aliphatic carbocycles. The predicted octanol–water partition coefficient (Wildman–Crippen LogP) is 1.26. The summed E-state index contributed by atoms with van der Waals surface area (Å²) in [6.07, 6.45) is 0.0175. The van der Waals surface area contributed by atoms with E-state index in [-0.39, 0.29) is 25.4 Å². The molecule has 0 saturated carbocycles. The number of hydrogen-bond acceptors (Lipinski definition) is 7. The third-order valence-corrected chi connectivity index (χ3v) is 4.89. The normalized spacial score (nSPS) is 19.1. The van der Waals surface area contributed by atoms with Crippen LogP contribution in [0.3, 0.4) is 0 Å². The van der Waals surface area contributed by atoms with Gasteiger partial charge >= 0.3 is 5.97 Å². The quantitative estimate of drug-likeness (QED) is 0.802. The van der Waals surface area contributed by atoms with Crippen LogP contribution in [0, 0.1) is 12.8 Å². The van der Waals surface area contributed by atoms with E-state index in [1.165, 1.54) is 19.1 Å². The second kappa shape index (κ2) is 7.65. The van der Waals surface area contributed by atoms with Crippen molar-refractivity contribution in [3.05, 3.63) is 35.2 Å². The van der Waals surface area contributed by atoms with Crippen LogP contribution >= 0.6 is 0 Å². The monoisotopic (exact) mass is 375 g/mol. The van der Waals surface area contributed by atoms with Crippen molar-refractivity contribution in [2.24, 2.45) is 5.92 Å². The van der Waals surface area contributed by atoms with E-state index in [1.54, 1.807) is 19.1 Å². The Hall–Kier alpha value is -3.10. The number of carboxylic acid groups (broad SMARTS) is 1. The zero-order valence-electron chi connectivity index (χ0n) is 15.3. The van der Waals surface area contributed by atoms with Gasteiger partial charge in [-0.15, -0.1) is 0 Å². The molecule has 3 rings (SSSR count). The lowest BCUT2D eigenvalue weighted by atomic mass is 9.88. The Morgan fingerprint density at radius 1 is 1.26 bits per heavy atom. The van der Waals surface area contributed by atoms with Gasteiger partial charge in [0.2, 0.25) is 5.91 Å². The Kier molecular flexibility index (Phi) is 5.29. The molecule has 27 heavy (non-hydrogen) atoms. The van der Waals surface area contributed by atoms with Crippen molar-refractivity contribution in [2.45, 2.75) is 19.3 Å². The molecule has 0 spiro atoms. The molecule has 1 N–H and O–H groups in total. The van der Waals surface area contributed by atoms with Crippen LogP contribution in [0.4, 0.5) is 0 Å². The van der Waals surface area contributed by atoms with Gasteiger partial charge in [0.15, 0.2) is 11.5 Å². The lowest BCUT2D eigenvalue weighted by Gasteiger charge is -2.20. The lowest BCUT2D eigenvalue weighted by Crippen LogP contribution is -2.31. The maximum atomic E-state index is 12.7. The average Bonchev–Trinajstić information content (AvgIpc) is 3.27. The summed E-state index contributed by atoms with van der Waals surface area (Å²) in [6, 6.07) is 5.34. The molecule has 1 saturated heterocycles. The fraction of sp³-hybridized carbons (Fsp3) is 0.444. The smallest absolute Gasteiger partial charge is 0.308 e. The number of carbonyl (C=O) groups excluding carboxylic acids is 1. The summed E-state index contributed by atoms with van der Waals surface area (Å²) in [5, 5.41) is 17.1. The molecular formula is C18H21N3O6. The minimum absolute atomic E-state index is 0.0175. The van der Waals surface area contributed by atoms with E-state index in [1.807, 2.05) is 6.07 Å². The van der Waals surface area contributed by atoms with Gasteiger partial charge < -0.3 is 19.5 Å². The van der Waals surface area contributed by atoms with Crippen LogP contribution in [-0.4, -0.2) is 59.5 Å². The molecule has 2 heterocycles. The van der Waals surface area contributed by atoms with Gasteiger partial charge in [0, 0.05) is 24.6 Å². The summed E-state index contributed by atoms with van der Waals surface area (Å²) in [4.78, 5) is 26.0. The van der Waals surface area contributed by atoms with Crippen LogP contribution in [0.5, 0.6) is 11.5 Å². The van der Waals surface area contributed by atoms with Gasteiger partial charge in [-0.2, -0.15) is 0 Å². The maximum Gasteiger partial charge on any atom is 0.308 e. The Morgan fingerprint density at radius 3 is 2.63 bits per heavy atom. The molecule has 0 radical (unpaired) electrons. The van der Waals surface area contributed by atoms with Gasteiger partial charge in [0.05, 0.1) is 26.6 Å². The summed E-state index contributed by atoms with van der Waals surface area (Å²) >= 11 is 0. The number of aromatic nitrogens is 2. The molecule has 9 nitrogen and oxygen atoms in total. The zero-order chi connectivity index (χ0) is 19.6. The Labute approximate surface area is 155 Å². The number of carboxylic acids is 1. The standard InChI is InChI=1S/C18H21N3O6/c1-10-14(20-27-19-10)7-16(22)21-8-12(13(9-21)18(23)24)11-5-4-6-15(25-2)17(11)26-3/h4-6,12-13H,7-9H2,1-3H3,(H,23,24)/t12-,13+/m0/s1.